The number of anilines is 2. The van der Waals surface area contributed by atoms with E-state index >= 15 is 0 Å². The number of aliphatic imine (C=N–C) groups is 1. The van der Waals surface area contributed by atoms with Gasteiger partial charge in [0.2, 0.25) is 0 Å². The molecule has 3 aliphatic heterocycles. The fourth-order valence-electron chi connectivity index (χ4n) is 3.74. The van der Waals surface area contributed by atoms with E-state index < -0.39 is 0 Å². The third-order valence-electron chi connectivity index (χ3n) is 4.84. The molecule has 0 amide bonds. The van der Waals surface area contributed by atoms with Gasteiger partial charge in [0, 0.05) is 30.6 Å². The highest BCUT2D eigenvalue weighted by molar-refractivity contribution is 6.30. The van der Waals surface area contributed by atoms with Gasteiger partial charge < -0.3 is 9.64 Å². The summed E-state index contributed by atoms with van der Waals surface area (Å²) in [4.78, 5) is 9.34. The van der Waals surface area contributed by atoms with Crippen LogP contribution in [-0.4, -0.2) is 23.8 Å². The van der Waals surface area contributed by atoms with E-state index in [9.17, 15) is 0 Å². The third-order valence-corrected chi connectivity index (χ3v) is 5.07. The van der Waals surface area contributed by atoms with E-state index in [4.69, 9.17) is 21.3 Å². The summed E-state index contributed by atoms with van der Waals surface area (Å²) < 4.78 is 6.11. The fourth-order valence-corrected chi connectivity index (χ4v) is 3.91. The average Bonchev–Trinajstić information content (AvgIpc) is 3.30. The van der Waals surface area contributed by atoms with Crippen LogP contribution in [0, 0.1) is 0 Å². The highest BCUT2D eigenvalue weighted by Crippen LogP contribution is 2.50. The first-order valence-electron chi connectivity index (χ1n) is 8.69. The topological polar surface area (TPSA) is 28.1 Å². The number of fused-ring (bicyclic) bond motifs is 2. The van der Waals surface area contributed by atoms with Gasteiger partial charge in [0.1, 0.15) is 11.7 Å². The molecule has 26 heavy (non-hydrogen) atoms. The predicted molar refractivity (Wildman–Crippen MR) is 108 cm³/mol. The van der Waals surface area contributed by atoms with Crippen LogP contribution in [0.2, 0.25) is 5.02 Å². The maximum absolute atomic E-state index is 6.20. The Bertz CT molecular complexity index is 910. The van der Waals surface area contributed by atoms with Crippen LogP contribution in [0.5, 0.6) is 11.5 Å². The van der Waals surface area contributed by atoms with E-state index in [-0.39, 0.29) is 12.4 Å². The SMILES string of the molecule is Cl.Clc1ccc2c(c1)Oc1ccccc1N2C1=CCCN1C1=NCCC1. The van der Waals surface area contributed by atoms with Gasteiger partial charge in [-0.2, -0.15) is 0 Å². The second kappa shape index (κ2) is 6.86. The number of rotatable bonds is 1. The maximum atomic E-state index is 6.20. The minimum absolute atomic E-state index is 0. The Morgan fingerprint density at radius 2 is 1.88 bits per heavy atom. The summed E-state index contributed by atoms with van der Waals surface area (Å²) in [6, 6.07) is 14.0. The van der Waals surface area contributed by atoms with Gasteiger partial charge in [0.25, 0.3) is 0 Å². The van der Waals surface area contributed by atoms with E-state index in [2.05, 4.69) is 21.9 Å². The number of hydrogen-bond acceptors (Lipinski definition) is 4. The first-order chi connectivity index (χ1) is 12.3. The molecule has 6 heteroatoms. The Kier molecular flexibility index (Phi) is 4.55. The van der Waals surface area contributed by atoms with E-state index in [1.807, 2.05) is 36.4 Å². The van der Waals surface area contributed by atoms with Gasteiger partial charge >= 0.3 is 0 Å². The standard InChI is InChI=1S/C20H18ClN3O.ClH/c21-14-9-10-16-18(13-14)25-17-6-2-1-5-15(17)24(16)20-8-4-12-23(20)19-7-3-11-22-19;/h1-2,5-6,8-10,13H,3-4,7,11-12H2;1H. The summed E-state index contributed by atoms with van der Waals surface area (Å²) in [5, 5.41) is 0.676. The minimum Gasteiger partial charge on any atom is -0.453 e. The van der Waals surface area contributed by atoms with Crippen LogP contribution in [0.25, 0.3) is 0 Å². The quantitative estimate of drug-likeness (QED) is 0.623. The van der Waals surface area contributed by atoms with Gasteiger partial charge in [0.15, 0.2) is 11.5 Å². The highest BCUT2D eigenvalue weighted by Gasteiger charge is 2.33. The zero-order valence-electron chi connectivity index (χ0n) is 14.2. The zero-order chi connectivity index (χ0) is 16.8. The van der Waals surface area contributed by atoms with Crippen LogP contribution in [0.3, 0.4) is 0 Å². The molecule has 3 heterocycles. The molecule has 3 aliphatic rings. The first-order valence-corrected chi connectivity index (χ1v) is 9.07. The summed E-state index contributed by atoms with van der Waals surface area (Å²) in [6.45, 7) is 1.92. The molecule has 0 unspecified atom stereocenters. The number of ether oxygens (including phenoxy) is 1. The molecule has 0 N–H and O–H groups in total. The Morgan fingerprint density at radius 3 is 2.73 bits per heavy atom. The van der Waals surface area contributed by atoms with Crippen molar-refractivity contribution in [1.82, 2.24) is 4.90 Å². The van der Waals surface area contributed by atoms with Crippen molar-refractivity contribution in [3.8, 4) is 11.5 Å². The van der Waals surface area contributed by atoms with Crippen LogP contribution in [0.15, 0.2) is 59.4 Å². The lowest BCUT2D eigenvalue weighted by Gasteiger charge is -2.37. The molecule has 134 valence electrons. The Morgan fingerprint density at radius 1 is 1.04 bits per heavy atom. The summed E-state index contributed by atoms with van der Waals surface area (Å²) in [5.74, 6) is 3.99. The van der Waals surface area contributed by atoms with Gasteiger partial charge in [-0.05, 0) is 43.2 Å². The first kappa shape index (κ1) is 17.3. The molecule has 0 saturated heterocycles. The van der Waals surface area contributed by atoms with Crippen LogP contribution in [0.1, 0.15) is 19.3 Å². The van der Waals surface area contributed by atoms with Crippen LogP contribution < -0.4 is 9.64 Å². The lowest BCUT2D eigenvalue weighted by Crippen LogP contribution is -2.35. The Labute approximate surface area is 164 Å². The van der Waals surface area contributed by atoms with Crippen molar-refractivity contribution in [3.63, 3.8) is 0 Å². The van der Waals surface area contributed by atoms with Gasteiger partial charge in [0.05, 0.1) is 11.4 Å². The van der Waals surface area contributed by atoms with E-state index in [1.165, 1.54) is 11.7 Å². The number of para-hydroxylation sites is 2. The van der Waals surface area contributed by atoms with Crippen molar-refractivity contribution in [2.75, 3.05) is 18.0 Å². The Balaban J connectivity index is 0.00000168. The molecule has 0 aromatic heterocycles. The van der Waals surface area contributed by atoms with E-state index in [0.717, 1.165) is 55.2 Å². The average molecular weight is 388 g/mol. The zero-order valence-corrected chi connectivity index (χ0v) is 15.8. The number of nitrogens with zero attached hydrogens (tertiary/aromatic N) is 3. The minimum atomic E-state index is 0. The van der Waals surface area contributed by atoms with Gasteiger partial charge in [-0.25, -0.2) is 0 Å². The summed E-state index contributed by atoms with van der Waals surface area (Å²) >= 11 is 6.20. The monoisotopic (exact) mass is 387 g/mol. The van der Waals surface area contributed by atoms with Gasteiger partial charge in [-0.15, -0.1) is 12.4 Å². The molecule has 0 radical (unpaired) electrons. The fraction of sp³-hybridized carbons (Fsp3) is 0.250. The molecule has 2 aromatic rings. The smallest absolute Gasteiger partial charge is 0.153 e. The lowest BCUT2D eigenvalue weighted by molar-refractivity contribution is 0.467. The summed E-state index contributed by atoms with van der Waals surface area (Å²) in [6.07, 6.45) is 5.51. The highest BCUT2D eigenvalue weighted by atomic mass is 35.5. The molecule has 4 nitrogen and oxygen atoms in total. The third kappa shape index (κ3) is 2.74. The molecule has 0 fully saturated rings. The number of halogens is 2. The van der Waals surface area contributed by atoms with Crippen molar-refractivity contribution in [3.05, 3.63) is 59.4 Å². The number of benzene rings is 2. The molecule has 2 aromatic carbocycles. The van der Waals surface area contributed by atoms with E-state index in [1.54, 1.807) is 0 Å². The molecule has 0 atom stereocenters. The van der Waals surface area contributed by atoms with Gasteiger partial charge in [-0.3, -0.25) is 9.89 Å². The van der Waals surface area contributed by atoms with Gasteiger partial charge in [-0.1, -0.05) is 23.7 Å². The van der Waals surface area contributed by atoms with E-state index in [0.29, 0.717) is 5.02 Å². The molecular formula is C20H19Cl2N3O. The molecule has 0 saturated carbocycles. The van der Waals surface area contributed by atoms with Crippen molar-refractivity contribution in [2.24, 2.45) is 4.99 Å². The molecule has 0 bridgehead atoms. The van der Waals surface area contributed by atoms with Crippen molar-refractivity contribution >= 4 is 41.2 Å². The predicted octanol–water partition coefficient (Wildman–Crippen LogP) is 5.75. The molecule has 0 aliphatic carbocycles. The Hall–Kier alpha value is -2.17. The second-order valence-electron chi connectivity index (χ2n) is 6.42. The summed E-state index contributed by atoms with van der Waals surface area (Å²) in [5.41, 5.74) is 2.06. The van der Waals surface area contributed by atoms with Crippen LogP contribution in [-0.2, 0) is 0 Å². The van der Waals surface area contributed by atoms with Crippen LogP contribution >= 0.6 is 24.0 Å². The molecule has 5 rings (SSSR count). The molecular weight excluding hydrogens is 369 g/mol. The largest absolute Gasteiger partial charge is 0.453 e. The normalized spacial score (nSPS) is 17.7. The number of amidine groups is 1. The summed E-state index contributed by atoms with van der Waals surface area (Å²) in [7, 11) is 0. The van der Waals surface area contributed by atoms with Crippen molar-refractivity contribution in [2.45, 2.75) is 19.3 Å². The number of hydrogen-bond donors (Lipinski definition) is 0. The lowest BCUT2D eigenvalue weighted by atomic mass is 10.1. The molecule has 0 spiro atoms. The van der Waals surface area contributed by atoms with Crippen LogP contribution in [0.4, 0.5) is 11.4 Å². The maximum Gasteiger partial charge on any atom is 0.153 e. The van der Waals surface area contributed by atoms with Crippen molar-refractivity contribution in [1.29, 1.82) is 0 Å². The van der Waals surface area contributed by atoms with Crippen molar-refractivity contribution < 1.29 is 4.74 Å². The second-order valence-corrected chi connectivity index (χ2v) is 6.86.